The fourth-order valence-corrected chi connectivity index (χ4v) is 2.23. The largest absolute Gasteiger partial charge is 0.388 e. The van der Waals surface area contributed by atoms with Crippen molar-refractivity contribution in [1.82, 2.24) is 4.90 Å². The molecule has 0 spiro atoms. The van der Waals surface area contributed by atoms with Crippen LogP contribution >= 0.6 is 0 Å². The zero-order valence-electron chi connectivity index (χ0n) is 9.54. The van der Waals surface area contributed by atoms with Gasteiger partial charge in [0.25, 0.3) is 0 Å². The second kappa shape index (κ2) is 5.47. The van der Waals surface area contributed by atoms with Crippen LogP contribution in [0, 0.1) is 0 Å². The Morgan fingerprint density at radius 2 is 2.12 bits per heavy atom. The molecule has 1 N–H and O–H groups in total. The van der Waals surface area contributed by atoms with Crippen molar-refractivity contribution in [2.75, 3.05) is 40.0 Å². The molecule has 2 fully saturated rings. The molecule has 2 saturated heterocycles. The summed E-state index contributed by atoms with van der Waals surface area (Å²) in [6, 6.07) is -0.536. The molecule has 2 aliphatic rings. The summed E-state index contributed by atoms with van der Waals surface area (Å²) in [5, 5.41) is 9.96. The number of ether oxygens (including phenoxy) is 3. The molecule has 0 aromatic heterocycles. The number of aliphatic hydroxyl groups excluding tert-OH is 1. The van der Waals surface area contributed by atoms with Gasteiger partial charge >= 0.3 is 0 Å². The zero-order chi connectivity index (χ0) is 11.5. The Balaban J connectivity index is 1.85. The van der Waals surface area contributed by atoms with Gasteiger partial charge in [-0.15, -0.1) is 0 Å². The predicted octanol–water partition coefficient (Wildman–Crippen LogP) is -1.41. The summed E-state index contributed by atoms with van der Waals surface area (Å²) in [6.45, 7) is 3.90. The van der Waals surface area contributed by atoms with E-state index in [9.17, 15) is 5.11 Å². The molecule has 0 bridgehead atoms. The number of aliphatic hydroxyl groups is 1. The van der Waals surface area contributed by atoms with E-state index in [2.05, 4.69) is 4.90 Å². The minimum atomic E-state index is -0.650. The smallest absolute Gasteiger partial charge is 0.112 e. The topological polar surface area (TPSA) is 51.2 Å². The van der Waals surface area contributed by atoms with Gasteiger partial charge in [0, 0.05) is 32.7 Å². The number of hydrogen-bond donors (Lipinski definition) is 1. The van der Waals surface area contributed by atoms with E-state index >= 15 is 0 Å². The lowest BCUT2D eigenvalue weighted by Gasteiger charge is -2.29. The third kappa shape index (κ3) is 2.57. The molecular formula is C10H18BNO4. The highest BCUT2D eigenvalue weighted by atomic mass is 16.6. The lowest BCUT2D eigenvalue weighted by molar-refractivity contribution is -0.0271. The van der Waals surface area contributed by atoms with Gasteiger partial charge < -0.3 is 19.3 Å². The van der Waals surface area contributed by atoms with Crippen molar-refractivity contribution in [1.29, 1.82) is 0 Å². The van der Waals surface area contributed by atoms with E-state index in [1.54, 1.807) is 0 Å². The quantitative estimate of drug-likeness (QED) is 0.600. The molecule has 0 aliphatic carbocycles. The summed E-state index contributed by atoms with van der Waals surface area (Å²) in [7, 11) is 7.26. The van der Waals surface area contributed by atoms with Crippen molar-refractivity contribution >= 4 is 7.85 Å². The molecule has 0 aromatic carbocycles. The molecule has 2 heterocycles. The molecule has 2 rings (SSSR count). The van der Waals surface area contributed by atoms with Gasteiger partial charge in [0.1, 0.15) is 20.1 Å². The summed E-state index contributed by atoms with van der Waals surface area (Å²) in [4.78, 5) is 2.21. The summed E-state index contributed by atoms with van der Waals surface area (Å²) in [5.74, 6) is 0. The van der Waals surface area contributed by atoms with E-state index in [-0.39, 0.29) is 6.10 Å². The number of hydrogen-bond acceptors (Lipinski definition) is 5. The first-order valence-corrected chi connectivity index (χ1v) is 5.64. The highest BCUT2D eigenvalue weighted by Gasteiger charge is 2.41. The van der Waals surface area contributed by atoms with Gasteiger partial charge in [0.2, 0.25) is 0 Å². The first kappa shape index (κ1) is 12.3. The molecule has 16 heavy (non-hydrogen) atoms. The fourth-order valence-electron chi connectivity index (χ4n) is 2.23. The van der Waals surface area contributed by atoms with Gasteiger partial charge in [0.15, 0.2) is 0 Å². The first-order valence-electron chi connectivity index (χ1n) is 5.64. The minimum absolute atomic E-state index is 0.266. The summed E-state index contributed by atoms with van der Waals surface area (Å²) in [6.07, 6.45) is -1.34. The van der Waals surface area contributed by atoms with E-state index in [0.29, 0.717) is 6.54 Å². The van der Waals surface area contributed by atoms with E-state index in [4.69, 9.17) is 22.1 Å². The Labute approximate surface area is 97.1 Å². The van der Waals surface area contributed by atoms with E-state index < -0.39 is 18.2 Å². The second-order valence-electron chi connectivity index (χ2n) is 4.24. The maximum Gasteiger partial charge on any atom is 0.112 e. The lowest BCUT2D eigenvalue weighted by atomic mass is 9.93. The first-order chi connectivity index (χ1) is 7.72. The van der Waals surface area contributed by atoms with Crippen molar-refractivity contribution in [3.8, 4) is 0 Å². The normalized spacial score (nSPS) is 41.4. The van der Waals surface area contributed by atoms with Crippen molar-refractivity contribution in [2.45, 2.75) is 24.3 Å². The van der Waals surface area contributed by atoms with Crippen LogP contribution in [0.5, 0.6) is 0 Å². The van der Waals surface area contributed by atoms with Crippen molar-refractivity contribution in [2.24, 2.45) is 0 Å². The van der Waals surface area contributed by atoms with E-state index in [1.165, 1.54) is 7.11 Å². The molecule has 0 amide bonds. The molecule has 2 aliphatic heterocycles. The van der Waals surface area contributed by atoms with Crippen LogP contribution in [0.1, 0.15) is 0 Å². The summed E-state index contributed by atoms with van der Waals surface area (Å²) < 4.78 is 15.9. The fraction of sp³-hybridized carbons (Fsp3) is 1.00. The average molecular weight is 227 g/mol. The van der Waals surface area contributed by atoms with Crippen LogP contribution in [0.2, 0.25) is 0 Å². The van der Waals surface area contributed by atoms with Gasteiger partial charge in [-0.1, -0.05) is 0 Å². The molecule has 90 valence electrons. The monoisotopic (exact) mass is 227 g/mol. The van der Waals surface area contributed by atoms with Gasteiger partial charge in [-0.25, -0.2) is 0 Å². The van der Waals surface area contributed by atoms with Crippen LogP contribution in [0.25, 0.3) is 0 Å². The highest BCUT2D eigenvalue weighted by molar-refractivity contribution is 6.11. The summed E-state index contributed by atoms with van der Waals surface area (Å²) >= 11 is 0. The minimum Gasteiger partial charge on any atom is -0.388 e. The van der Waals surface area contributed by atoms with E-state index in [0.717, 1.165) is 26.3 Å². The molecular weight excluding hydrogens is 209 g/mol. The highest BCUT2D eigenvalue weighted by Crippen LogP contribution is 2.22. The zero-order valence-corrected chi connectivity index (χ0v) is 9.54. The Bertz CT molecular complexity index is 225. The molecule has 0 saturated carbocycles. The van der Waals surface area contributed by atoms with Crippen molar-refractivity contribution in [3.63, 3.8) is 0 Å². The maximum absolute atomic E-state index is 9.96. The number of morpholine rings is 1. The Morgan fingerprint density at radius 3 is 2.69 bits per heavy atom. The SMILES string of the molecule is [B][C@@H]1O[C@H](CN2CCOCC2)C(O)C1OC. The number of nitrogens with zero attached hydrogens (tertiary/aromatic N) is 1. The Hall–Kier alpha value is -0.135. The number of methoxy groups -OCH3 is 1. The van der Waals surface area contributed by atoms with Crippen LogP contribution < -0.4 is 0 Å². The predicted molar refractivity (Wildman–Crippen MR) is 58.5 cm³/mol. The van der Waals surface area contributed by atoms with Gasteiger partial charge in [-0.2, -0.15) is 0 Å². The standard InChI is InChI=1S/C10H18BNO4/c1-14-9-8(13)7(16-10(9)11)6-12-2-4-15-5-3-12/h7-10,13H,2-6H2,1H3/t7-,8?,9?,10-/m1/s1. The van der Waals surface area contributed by atoms with Crippen LogP contribution in [0.3, 0.4) is 0 Å². The third-order valence-electron chi connectivity index (χ3n) is 3.19. The van der Waals surface area contributed by atoms with Gasteiger partial charge in [-0.3, -0.25) is 4.90 Å². The van der Waals surface area contributed by atoms with E-state index in [1.807, 2.05) is 0 Å². The van der Waals surface area contributed by atoms with Crippen molar-refractivity contribution in [3.05, 3.63) is 0 Å². The van der Waals surface area contributed by atoms with Crippen LogP contribution in [0.4, 0.5) is 0 Å². The molecule has 6 heteroatoms. The summed E-state index contributed by atoms with van der Waals surface area (Å²) in [5.41, 5.74) is 0. The number of rotatable bonds is 3. The van der Waals surface area contributed by atoms with Gasteiger partial charge in [0.05, 0.1) is 19.3 Å². The van der Waals surface area contributed by atoms with Crippen LogP contribution in [-0.4, -0.2) is 82.1 Å². The second-order valence-corrected chi connectivity index (χ2v) is 4.24. The average Bonchev–Trinajstić information content (AvgIpc) is 2.55. The Kier molecular flexibility index (Phi) is 4.21. The van der Waals surface area contributed by atoms with Crippen LogP contribution in [0.15, 0.2) is 0 Å². The third-order valence-corrected chi connectivity index (χ3v) is 3.19. The molecule has 2 radical (unpaired) electrons. The lowest BCUT2D eigenvalue weighted by Crippen LogP contribution is -2.45. The molecule has 4 atom stereocenters. The maximum atomic E-state index is 9.96. The van der Waals surface area contributed by atoms with Crippen molar-refractivity contribution < 1.29 is 19.3 Å². The Morgan fingerprint density at radius 1 is 1.44 bits per heavy atom. The molecule has 0 aromatic rings. The molecule has 2 unspecified atom stereocenters. The molecule has 5 nitrogen and oxygen atoms in total. The van der Waals surface area contributed by atoms with Crippen LogP contribution in [-0.2, 0) is 14.2 Å². The van der Waals surface area contributed by atoms with Gasteiger partial charge in [-0.05, 0) is 0 Å².